The van der Waals surface area contributed by atoms with Crippen molar-refractivity contribution in [2.45, 2.75) is 26.8 Å². The van der Waals surface area contributed by atoms with Crippen molar-refractivity contribution in [3.05, 3.63) is 84.2 Å². The Morgan fingerprint density at radius 3 is 2.60 bits per heavy atom. The number of allylic oxidation sites excluding steroid dienone is 3. The van der Waals surface area contributed by atoms with E-state index in [2.05, 4.69) is 90.1 Å². The second-order valence-electron chi connectivity index (χ2n) is 5.86. The molecule has 1 N–H and O–H groups in total. The first kappa shape index (κ1) is 20.9. The van der Waals surface area contributed by atoms with Gasteiger partial charge in [-0.3, -0.25) is 0 Å². The monoisotopic (exact) mass is 340 g/mol. The molecule has 0 atom stereocenters. The van der Waals surface area contributed by atoms with Gasteiger partial charge in [-0.15, -0.1) is 6.58 Å². The average Bonchev–Trinajstić information content (AvgIpc) is 2.67. The quantitative estimate of drug-likeness (QED) is 0.577. The van der Waals surface area contributed by atoms with Crippen LogP contribution in [0.1, 0.15) is 25.8 Å². The number of hydrogen-bond acceptors (Lipinski definition) is 3. The molecule has 0 fully saturated rings. The Morgan fingerprint density at radius 2 is 2.08 bits per heavy atom. The SMILES string of the molecule is C/C=C(C)/C=C/N(Cc1ccccc1)C1=CCNCC1.C=CCOC. The molecule has 2 rings (SSSR count). The van der Waals surface area contributed by atoms with Gasteiger partial charge < -0.3 is 15.0 Å². The highest BCUT2D eigenvalue weighted by Gasteiger charge is 2.10. The summed E-state index contributed by atoms with van der Waals surface area (Å²) in [6.07, 6.45) is 11.6. The lowest BCUT2D eigenvalue weighted by atomic mass is 10.1. The minimum absolute atomic E-state index is 0.653. The molecule has 0 saturated heterocycles. The van der Waals surface area contributed by atoms with Gasteiger partial charge in [0, 0.05) is 38.6 Å². The van der Waals surface area contributed by atoms with E-state index in [4.69, 9.17) is 0 Å². The minimum atomic E-state index is 0.653. The molecule has 1 heterocycles. The number of nitrogens with zero attached hydrogens (tertiary/aromatic N) is 1. The molecule has 3 heteroatoms. The molecule has 1 aliphatic rings. The molecule has 0 aromatic heterocycles. The maximum atomic E-state index is 4.57. The Hall–Kier alpha value is -2.10. The molecule has 0 radical (unpaired) electrons. The van der Waals surface area contributed by atoms with E-state index in [0.717, 1.165) is 26.1 Å². The largest absolute Gasteiger partial charge is 0.381 e. The lowest BCUT2D eigenvalue weighted by Gasteiger charge is -2.27. The zero-order chi connectivity index (χ0) is 18.3. The Labute approximate surface area is 153 Å². The fraction of sp³-hybridized carbons (Fsp3) is 0.364. The summed E-state index contributed by atoms with van der Waals surface area (Å²) in [6.45, 7) is 11.2. The summed E-state index contributed by atoms with van der Waals surface area (Å²) in [4.78, 5) is 2.36. The van der Waals surface area contributed by atoms with Crippen LogP contribution >= 0.6 is 0 Å². The molecule has 1 aromatic rings. The summed E-state index contributed by atoms with van der Waals surface area (Å²) in [5.74, 6) is 0. The first-order chi connectivity index (χ1) is 12.2. The first-order valence-electron chi connectivity index (χ1n) is 8.82. The molecule has 0 aliphatic carbocycles. The molecular weight excluding hydrogens is 308 g/mol. The summed E-state index contributed by atoms with van der Waals surface area (Å²) < 4.78 is 4.57. The van der Waals surface area contributed by atoms with E-state index in [1.165, 1.54) is 16.8 Å². The van der Waals surface area contributed by atoms with E-state index in [-0.39, 0.29) is 0 Å². The molecule has 1 aromatic carbocycles. The third kappa shape index (κ3) is 9.08. The molecule has 3 nitrogen and oxygen atoms in total. The van der Waals surface area contributed by atoms with Gasteiger partial charge in [-0.1, -0.05) is 54.1 Å². The van der Waals surface area contributed by atoms with Gasteiger partial charge in [0.05, 0.1) is 6.61 Å². The van der Waals surface area contributed by atoms with Gasteiger partial charge in [-0.25, -0.2) is 0 Å². The minimum Gasteiger partial charge on any atom is -0.381 e. The van der Waals surface area contributed by atoms with Crippen molar-refractivity contribution in [2.24, 2.45) is 0 Å². The second kappa shape index (κ2) is 13.2. The van der Waals surface area contributed by atoms with Crippen LogP contribution in [0, 0.1) is 0 Å². The van der Waals surface area contributed by atoms with E-state index >= 15 is 0 Å². The van der Waals surface area contributed by atoms with Crippen molar-refractivity contribution < 1.29 is 4.74 Å². The molecule has 0 bridgehead atoms. The Bertz CT molecular complexity index is 573. The molecule has 0 saturated carbocycles. The van der Waals surface area contributed by atoms with Crippen molar-refractivity contribution >= 4 is 0 Å². The molecule has 25 heavy (non-hydrogen) atoms. The number of hydrogen-bond donors (Lipinski definition) is 1. The maximum Gasteiger partial charge on any atom is 0.0641 e. The highest BCUT2D eigenvalue weighted by Crippen LogP contribution is 2.17. The number of ether oxygens (including phenoxy) is 1. The van der Waals surface area contributed by atoms with Crippen LogP contribution in [0.2, 0.25) is 0 Å². The van der Waals surface area contributed by atoms with E-state index in [1.54, 1.807) is 13.2 Å². The number of nitrogens with one attached hydrogen (secondary N) is 1. The fourth-order valence-corrected chi connectivity index (χ4v) is 2.32. The normalized spacial score (nSPS) is 14.5. The Balaban J connectivity index is 0.000000550. The van der Waals surface area contributed by atoms with Gasteiger partial charge in [0.15, 0.2) is 0 Å². The third-order valence-corrected chi connectivity index (χ3v) is 3.86. The number of benzene rings is 1. The zero-order valence-corrected chi connectivity index (χ0v) is 15.9. The number of rotatable bonds is 7. The van der Waals surface area contributed by atoms with E-state index in [0.29, 0.717) is 6.61 Å². The smallest absolute Gasteiger partial charge is 0.0641 e. The molecule has 1 aliphatic heterocycles. The maximum absolute atomic E-state index is 4.57. The summed E-state index contributed by atoms with van der Waals surface area (Å²) >= 11 is 0. The van der Waals surface area contributed by atoms with Crippen LogP contribution in [0.3, 0.4) is 0 Å². The predicted molar refractivity (Wildman–Crippen MR) is 108 cm³/mol. The van der Waals surface area contributed by atoms with Gasteiger partial charge >= 0.3 is 0 Å². The lowest BCUT2D eigenvalue weighted by molar-refractivity contribution is 0.234. The molecular formula is C22H32N2O. The Kier molecular flexibility index (Phi) is 11.1. The van der Waals surface area contributed by atoms with Crippen LogP contribution in [0.4, 0.5) is 0 Å². The predicted octanol–water partition coefficient (Wildman–Crippen LogP) is 4.66. The summed E-state index contributed by atoms with van der Waals surface area (Å²) in [5.41, 5.74) is 4.04. The van der Waals surface area contributed by atoms with Crippen LogP contribution in [-0.4, -0.2) is 31.7 Å². The van der Waals surface area contributed by atoms with Gasteiger partial charge in [0.2, 0.25) is 0 Å². The van der Waals surface area contributed by atoms with Crippen molar-refractivity contribution in [3.8, 4) is 0 Å². The molecule has 0 amide bonds. The molecule has 0 spiro atoms. The van der Waals surface area contributed by atoms with E-state index < -0.39 is 0 Å². The van der Waals surface area contributed by atoms with Gasteiger partial charge in [0.1, 0.15) is 0 Å². The third-order valence-electron chi connectivity index (χ3n) is 3.86. The topological polar surface area (TPSA) is 24.5 Å². The highest BCUT2D eigenvalue weighted by atomic mass is 16.5. The van der Waals surface area contributed by atoms with E-state index in [9.17, 15) is 0 Å². The average molecular weight is 341 g/mol. The van der Waals surface area contributed by atoms with Gasteiger partial charge in [-0.05, 0) is 31.9 Å². The fourth-order valence-electron chi connectivity index (χ4n) is 2.32. The van der Waals surface area contributed by atoms with Crippen molar-refractivity contribution in [3.63, 3.8) is 0 Å². The standard InChI is InChI=1S/C18H24N2.C4H8O/c1-3-16(2)11-14-20(18-9-12-19-13-10-18)15-17-7-5-4-6-8-17;1-3-4-5-2/h3-9,11,14,19H,10,12-13,15H2,1-2H3;3H,1,4H2,2H3/b14-11+,16-3+;. The van der Waals surface area contributed by atoms with Gasteiger partial charge in [-0.2, -0.15) is 0 Å². The summed E-state index contributed by atoms with van der Waals surface area (Å²) in [6, 6.07) is 10.6. The second-order valence-corrected chi connectivity index (χ2v) is 5.86. The Morgan fingerprint density at radius 1 is 1.32 bits per heavy atom. The highest BCUT2D eigenvalue weighted by molar-refractivity contribution is 5.21. The molecule has 0 unspecified atom stereocenters. The van der Waals surface area contributed by atoms with Crippen LogP contribution in [0.25, 0.3) is 0 Å². The van der Waals surface area contributed by atoms with Crippen LogP contribution in [0.5, 0.6) is 0 Å². The van der Waals surface area contributed by atoms with Crippen molar-refractivity contribution in [2.75, 3.05) is 26.8 Å². The summed E-state index contributed by atoms with van der Waals surface area (Å²) in [7, 11) is 1.64. The van der Waals surface area contributed by atoms with Crippen molar-refractivity contribution in [1.29, 1.82) is 0 Å². The van der Waals surface area contributed by atoms with E-state index in [1.807, 2.05) is 0 Å². The van der Waals surface area contributed by atoms with Crippen LogP contribution < -0.4 is 5.32 Å². The molecule has 136 valence electrons. The van der Waals surface area contributed by atoms with Crippen LogP contribution in [-0.2, 0) is 11.3 Å². The zero-order valence-electron chi connectivity index (χ0n) is 15.9. The lowest BCUT2D eigenvalue weighted by Crippen LogP contribution is -2.27. The van der Waals surface area contributed by atoms with Crippen molar-refractivity contribution in [1.82, 2.24) is 10.2 Å². The van der Waals surface area contributed by atoms with Gasteiger partial charge in [0.25, 0.3) is 0 Å². The van der Waals surface area contributed by atoms with Crippen LogP contribution in [0.15, 0.2) is 78.7 Å². The number of methoxy groups -OCH3 is 1. The first-order valence-corrected chi connectivity index (χ1v) is 8.82. The summed E-state index contributed by atoms with van der Waals surface area (Å²) in [5, 5.41) is 3.37.